The highest BCUT2D eigenvalue weighted by Gasteiger charge is 2.37. The third-order valence-corrected chi connectivity index (χ3v) is 5.67. The highest BCUT2D eigenvalue weighted by Crippen LogP contribution is 2.38. The molecule has 1 amide bonds. The van der Waals surface area contributed by atoms with Crippen LogP contribution in [0.2, 0.25) is 0 Å². The molecule has 0 aliphatic rings. The molecule has 7 nitrogen and oxygen atoms in total. The second-order valence-corrected chi connectivity index (χ2v) is 10.4. The third kappa shape index (κ3) is 12.5. The van der Waals surface area contributed by atoms with Gasteiger partial charge in [0.25, 0.3) is 0 Å². The van der Waals surface area contributed by atoms with Crippen LogP contribution in [0.15, 0.2) is 40.9 Å². The van der Waals surface area contributed by atoms with Crippen LogP contribution >= 0.6 is 0 Å². The molecule has 0 bridgehead atoms. The summed E-state index contributed by atoms with van der Waals surface area (Å²) < 4.78 is 54.6. The summed E-state index contributed by atoms with van der Waals surface area (Å²) in [5.74, 6) is 0.244. The van der Waals surface area contributed by atoms with Crippen LogP contribution in [0.5, 0.6) is 5.75 Å². The van der Waals surface area contributed by atoms with E-state index in [2.05, 4.69) is 29.5 Å². The van der Waals surface area contributed by atoms with Gasteiger partial charge < -0.3 is 19.3 Å². The molecule has 0 saturated carbocycles. The van der Waals surface area contributed by atoms with E-state index in [0.29, 0.717) is 37.0 Å². The quantitative estimate of drug-likeness (QED) is 0.189. The highest BCUT2D eigenvalue weighted by atomic mass is 19.4. The lowest BCUT2D eigenvalue weighted by Crippen LogP contribution is -2.24. The Hall–Kier alpha value is -3.56. The van der Waals surface area contributed by atoms with E-state index in [1.54, 1.807) is 7.05 Å². The lowest BCUT2D eigenvalue weighted by molar-refractivity contribution is -0.154. The maximum Gasteiger partial charge on any atom is 0.437 e. The molecule has 0 aliphatic carbocycles. The number of benzene rings is 2. The van der Waals surface area contributed by atoms with Gasteiger partial charge in [-0.15, -0.1) is 0 Å². The summed E-state index contributed by atoms with van der Waals surface area (Å²) in [6, 6.07) is 11.0. The number of carbonyl (C=O) groups excluding carboxylic acids is 2. The van der Waals surface area contributed by atoms with Gasteiger partial charge in [-0.25, -0.2) is 0 Å². The minimum Gasteiger partial charge on any atom is -0.493 e. The smallest absolute Gasteiger partial charge is 0.437 e. The number of aryl methyl sites for hydroxylation is 3. The van der Waals surface area contributed by atoms with Gasteiger partial charge >= 0.3 is 12.1 Å². The highest BCUT2D eigenvalue weighted by molar-refractivity contribution is 5.85. The summed E-state index contributed by atoms with van der Waals surface area (Å²) in [4.78, 5) is 22.7. The molecular formula is C32H45F3N2O5. The minimum absolute atomic E-state index is 0.0661. The largest absolute Gasteiger partial charge is 0.493 e. The maximum atomic E-state index is 12.9. The Bertz CT molecular complexity index is 1260. The van der Waals surface area contributed by atoms with Crippen molar-refractivity contribution in [3.05, 3.63) is 58.8 Å². The number of aromatic nitrogens is 1. The Morgan fingerprint density at radius 1 is 1.02 bits per heavy atom. The molecule has 1 heterocycles. The maximum absolute atomic E-state index is 12.9. The van der Waals surface area contributed by atoms with Crippen LogP contribution in [0.1, 0.15) is 89.6 Å². The number of alkyl halides is 3. The van der Waals surface area contributed by atoms with Crippen LogP contribution in [0, 0.1) is 6.92 Å². The molecule has 0 saturated heterocycles. The zero-order chi connectivity index (χ0) is 31.9. The van der Waals surface area contributed by atoms with Gasteiger partial charge in [-0.1, -0.05) is 62.2 Å². The topological polar surface area (TPSA) is 90.7 Å². The van der Waals surface area contributed by atoms with E-state index in [1.165, 1.54) is 23.3 Å². The molecule has 0 fully saturated rings. The summed E-state index contributed by atoms with van der Waals surface area (Å²) in [5, 5.41) is 5.62. The van der Waals surface area contributed by atoms with Gasteiger partial charge in [0.1, 0.15) is 11.4 Å². The Kier molecular flexibility index (Phi) is 15.1. The summed E-state index contributed by atoms with van der Waals surface area (Å²) in [5.41, 5.74) is 1.67. The van der Waals surface area contributed by atoms with Crippen LogP contribution in [0.3, 0.4) is 0 Å². The fourth-order valence-electron chi connectivity index (χ4n) is 3.91. The predicted molar refractivity (Wildman–Crippen MR) is 158 cm³/mol. The van der Waals surface area contributed by atoms with E-state index >= 15 is 0 Å². The van der Waals surface area contributed by atoms with Gasteiger partial charge in [0.05, 0.1) is 12.0 Å². The number of amides is 1. The standard InChI is InChI=1S/C16H19F3N2O3.C14H20O2.C2H6/c1-3-5-10-12(23-9-4-6-13(22)20-2)8-7-11-14(10)24-21-15(11)16(17,18)19;1-11-6-5-7-12(10-11)8-9-13(15)16-14(2,3)4;1-2/h7-8H,3-6,9H2,1-2H3,(H,20,22);5-7,10H,8-9H2,1-4H3;1-2H3. The van der Waals surface area contributed by atoms with Gasteiger partial charge in [0.15, 0.2) is 11.3 Å². The van der Waals surface area contributed by atoms with Crippen molar-refractivity contribution in [2.24, 2.45) is 0 Å². The number of carbonyl (C=O) groups is 2. The summed E-state index contributed by atoms with van der Waals surface area (Å²) in [6.07, 6.45) is -1.32. The molecule has 0 unspecified atom stereocenters. The molecule has 1 N–H and O–H groups in total. The van der Waals surface area contributed by atoms with Crippen molar-refractivity contribution in [1.82, 2.24) is 10.5 Å². The van der Waals surface area contributed by atoms with Gasteiger partial charge in [-0.05, 0) is 64.7 Å². The molecule has 0 radical (unpaired) electrons. The van der Waals surface area contributed by atoms with Gasteiger partial charge in [-0.3, -0.25) is 9.59 Å². The average Bonchev–Trinajstić information content (AvgIpc) is 3.37. The van der Waals surface area contributed by atoms with Crippen molar-refractivity contribution in [1.29, 1.82) is 0 Å². The monoisotopic (exact) mass is 594 g/mol. The fraction of sp³-hybridized carbons (Fsp3) is 0.531. The van der Waals surface area contributed by atoms with E-state index in [0.717, 1.165) is 12.8 Å². The second kappa shape index (κ2) is 17.4. The number of halogens is 3. The van der Waals surface area contributed by atoms with E-state index in [1.807, 2.05) is 53.7 Å². The molecule has 0 aliphatic heterocycles. The Balaban J connectivity index is 0.000000426. The first-order valence-electron chi connectivity index (χ1n) is 14.3. The zero-order valence-electron chi connectivity index (χ0n) is 26.0. The summed E-state index contributed by atoms with van der Waals surface area (Å²) >= 11 is 0. The molecule has 3 aromatic rings. The molecular weight excluding hydrogens is 549 g/mol. The Morgan fingerprint density at radius 3 is 2.29 bits per heavy atom. The van der Waals surface area contributed by atoms with Crippen LogP contribution in [-0.4, -0.2) is 36.3 Å². The van der Waals surface area contributed by atoms with E-state index < -0.39 is 11.9 Å². The number of fused-ring (bicyclic) bond motifs is 1. The SMILES string of the molecule is CC.CCCc1c(OCCCC(=O)NC)ccc2c(C(F)(F)F)noc12.Cc1cccc(CCC(=O)OC(C)(C)C)c1. The predicted octanol–water partition coefficient (Wildman–Crippen LogP) is 8.00. The van der Waals surface area contributed by atoms with Crippen molar-refractivity contribution >= 4 is 22.8 Å². The lowest BCUT2D eigenvalue weighted by Gasteiger charge is -2.19. The van der Waals surface area contributed by atoms with Crippen molar-refractivity contribution in [3.8, 4) is 5.75 Å². The van der Waals surface area contributed by atoms with Crippen LogP contribution in [0.25, 0.3) is 11.0 Å². The molecule has 10 heteroatoms. The van der Waals surface area contributed by atoms with Crippen molar-refractivity contribution in [3.63, 3.8) is 0 Å². The van der Waals surface area contributed by atoms with Gasteiger partial charge in [0, 0.05) is 25.5 Å². The number of nitrogens with one attached hydrogen (secondary N) is 1. The molecule has 1 aromatic heterocycles. The normalized spacial score (nSPS) is 11.1. The van der Waals surface area contributed by atoms with E-state index in [4.69, 9.17) is 14.0 Å². The number of hydrogen-bond donors (Lipinski definition) is 1. The van der Waals surface area contributed by atoms with Crippen LogP contribution < -0.4 is 10.1 Å². The number of hydrogen-bond acceptors (Lipinski definition) is 6. The Labute approximate surface area is 247 Å². The first-order valence-corrected chi connectivity index (χ1v) is 14.3. The molecule has 0 spiro atoms. The fourth-order valence-corrected chi connectivity index (χ4v) is 3.91. The number of ether oxygens (including phenoxy) is 2. The molecule has 2 aromatic carbocycles. The number of rotatable bonds is 10. The third-order valence-electron chi connectivity index (χ3n) is 5.67. The molecule has 3 rings (SSSR count). The summed E-state index contributed by atoms with van der Waals surface area (Å²) in [6.45, 7) is 13.9. The van der Waals surface area contributed by atoms with Crippen molar-refractivity contribution in [2.45, 2.75) is 98.8 Å². The zero-order valence-corrected chi connectivity index (χ0v) is 26.0. The lowest BCUT2D eigenvalue weighted by atomic mass is 10.0. The average molecular weight is 595 g/mol. The molecule has 0 atom stereocenters. The first kappa shape index (κ1) is 36.5. The minimum atomic E-state index is -4.56. The molecule has 234 valence electrons. The van der Waals surface area contributed by atoms with Gasteiger partial charge in [0.2, 0.25) is 5.91 Å². The van der Waals surface area contributed by atoms with E-state index in [9.17, 15) is 22.8 Å². The van der Waals surface area contributed by atoms with Crippen LogP contribution in [0.4, 0.5) is 13.2 Å². The summed E-state index contributed by atoms with van der Waals surface area (Å²) in [7, 11) is 1.55. The first-order chi connectivity index (χ1) is 19.7. The van der Waals surface area contributed by atoms with Gasteiger partial charge in [-0.2, -0.15) is 13.2 Å². The number of esters is 1. The van der Waals surface area contributed by atoms with Crippen molar-refractivity contribution < 1.29 is 36.8 Å². The molecule has 42 heavy (non-hydrogen) atoms. The van der Waals surface area contributed by atoms with Crippen LogP contribution in [-0.2, 0) is 33.3 Å². The van der Waals surface area contributed by atoms with Crippen molar-refractivity contribution in [2.75, 3.05) is 13.7 Å². The second-order valence-electron chi connectivity index (χ2n) is 10.4. The Morgan fingerprint density at radius 2 is 1.71 bits per heavy atom. The van der Waals surface area contributed by atoms with E-state index in [-0.39, 0.29) is 35.1 Å². The number of nitrogens with zero attached hydrogens (tertiary/aromatic N) is 1.